The summed E-state index contributed by atoms with van der Waals surface area (Å²) in [6.45, 7) is 20.2. The summed E-state index contributed by atoms with van der Waals surface area (Å²) in [7, 11) is 0. The Kier molecular flexibility index (Phi) is 7.39. The zero-order valence-corrected chi connectivity index (χ0v) is 32.8. The van der Waals surface area contributed by atoms with E-state index in [0.29, 0.717) is 16.9 Å². The van der Waals surface area contributed by atoms with Crippen LogP contribution in [0.1, 0.15) is 113 Å². The zero-order valence-electron chi connectivity index (χ0n) is 35.8. The minimum Gasteiger partial charge on any atom is -0.455 e. The van der Waals surface area contributed by atoms with E-state index >= 15 is 0 Å². The van der Waals surface area contributed by atoms with Crippen molar-refractivity contribution in [2.75, 3.05) is 0 Å². The SMILES string of the molecule is [2H]C([2H])([2H])c1cccc2nc(-c3cccc4c3oc3cc5ccccc5cc34)n(-c3c(C(C)C)cc(-c4cc(C(C)(C)C)cc(C(C)(C)C)c4)cc3C(C)C)c12. The number of imidazole rings is 1. The van der Waals surface area contributed by atoms with E-state index in [1.165, 1.54) is 16.7 Å². The molecule has 0 amide bonds. The van der Waals surface area contributed by atoms with Crippen molar-refractivity contribution in [1.29, 1.82) is 0 Å². The lowest BCUT2D eigenvalue weighted by Crippen LogP contribution is -2.16. The second-order valence-corrected chi connectivity index (χ2v) is 17.5. The Bertz CT molecular complexity index is 2760. The summed E-state index contributed by atoms with van der Waals surface area (Å²) < 4.78 is 35.1. The molecule has 0 aliphatic heterocycles. The van der Waals surface area contributed by atoms with Crippen LogP contribution in [0, 0.1) is 6.85 Å². The highest BCUT2D eigenvalue weighted by molar-refractivity contribution is 6.13. The maximum atomic E-state index is 8.74. The van der Waals surface area contributed by atoms with E-state index in [1.54, 1.807) is 6.07 Å². The highest BCUT2D eigenvalue weighted by atomic mass is 16.3. The van der Waals surface area contributed by atoms with Gasteiger partial charge in [-0.25, -0.2) is 4.98 Å². The lowest BCUT2D eigenvalue weighted by molar-refractivity contribution is 0.569. The van der Waals surface area contributed by atoms with Gasteiger partial charge in [0.15, 0.2) is 0 Å². The minimum absolute atomic E-state index is 0.0294. The normalized spacial score (nSPS) is 13.8. The number of rotatable bonds is 5. The van der Waals surface area contributed by atoms with E-state index in [0.717, 1.165) is 60.7 Å². The Morgan fingerprint density at radius 3 is 1.85 bits per heavy atom. The summed E-state index contributed by atoms with van der Waals surface area (Å²) in [5.41, 5.74) is 12.0. The molecule has 2 heterocycles. The predicted molar refractivity (Wildman–Crippen MR) is 227 cm³/mol. The van der Waals surface area contributed by atoms with E-state index in [4.69, 9.17) is 13.5 Å². The molecular formula is C50H52N2O. The summed E-state index contributed by atoms with van der Waals surface area (Å²) in [4.78, 5) is 5.32. The van der Waals surface area contributed by atoms with Gasteiger partial charge in [-0.1, -0.05) is 136 Å². The molecule has 0 bridgehead atoms. The van der Waals surface area contributed by atoms with Crippen LogP contribution in [-0.2, 0) is 10.8 Å². The number of aromatic nitrogens is 2. The highest BCUT2D eigenvalue weighted by Gasteiger charge is 2.27. The summed E-state index contributed by atoms with van der Waals surface area (Å²) in [5.74, 6) is 0.872. The predicted octanol–water partition coefficient (Wildman–Crippen LogP) is 14.6. The van der Waals surface area contributed by atoms with Crippen molar-refractivity contribution in [1.82, 2.24) is 9.55 Å². The first-order chi connectivity index (χ1) is 26.3. The van der Waals surface area contributed by atoms with E-state index < -0.39 is 6.85 Å². The van der Waals surface area contributed by atoms with Crippen molar-refractivity contribution in [3.05, 3.63) is 131 Å². The second kappa shape index (κ2) is 12.5. The maximum Gasteiger partial charge on any atom is 0.149 e. The van der Waals surface area contributed by atoms with Crippen molar-refractivity contribution in [3.8, 4) is 28.2 Å². The molecular weight excluding hydrogens is 645 g/mol. The molecule has 0 spiro atoms. The van der Waals surface area contributed by atoms with Crippen LogP contribution in [0.4, 0.5) is 0 Å². The molecule has 6 aromatic carbocycles. The van der Waals surface area contributed by atoms with E-state index in [1.807, 2.05) is 18.2 Å². The number of furan rings is 1. The summed E-state index contributed by atoms with van der Waals surface area (Å²) in [5, 5.41) is 4.29. The van der Waals surface area contributed by atoms with E-state index in [-0.39, 0.29) is 28.2 Å². The molecule has 8 rings (SSSR count). The molecule has 0 saturated carbocycles. The van der Waals surface area contributed by atoms with Crippen LogP contribution in [-0.4, -0.2) is 9.55 Å². The van der Waals surface area contributed by atoms with Gasteiger partial charge in [0.05, 0.1) is 22.3 Å². The van der Waals surface area contributed by atoms with Crippen LogP contribution in [0.3, 0.4) is 0 Å². The molecule has 53 heavy (non-hydrogen) atoms. The van der Waals surface area contributed by atoms with Crippen LogP contribution >= 0.6 is 0 Å². The largest absolute Gasteiger partial charge is 0.455 e. The van der Waals surface area contributed by atoms with Crippen molar-refractivity contribution in [3.63, 3.8) is 0 Å². The molecule has 0 saturated heterocycles. The average molecular weight is 700 g/mol. The van der Waals surface area contributed by atoms with Crippen molar-refractivity contribution >= 4 is 43.7 Å². The van der Waals surface area contributed by atoms with Crippen LogP contribution in [0.5, 0.6) is 0 Å². The van der Waals surface area contributed by atoms with E-state index in [2.05, 4.69) is 153 Å². The molecule has 8 aromatic rings. The third kappa shape index (κ3) is 5.95. The Morgan fingerprint density at radius 1 is 0.642 bits per heavy atom. The van der Waals surface area contributed by atoms with Gasteiger partial charge in [0.25, 0.3) is 0 Å². The fourth-order valence-electron chi connectivity index (χ4n) is 7.83. The quantitative estimate of drug-likeness (QED) is 0.179. The standard InChI is InChI=1S/C50H52N2O/c1-29(2)40-25-35(34-22-36(49(6,7)8)28-37(23-34)50(9,10)11)26-41(30(3)4)46(40)52-45-31(5)16-14-21-43(45)51-48(52)39-20-15-19-38-42-24-32-17-12-13-18-33(32)27-44(42)53-47(38)39/h12-30H,1-11H3/i5D3. The van der Waals surface area contributed by atoms with Crippen molar-refractivity contribution in [2.24, 2.45) is 0 Å². The topological polar surface area (TPSA) is 31.0 Å². The number of hydrogen-bond donors (Lipinski definition) is 0. The van der Waals surface area contributed by atoms with Crippen molar-refractivity contribution < 1.29 is 8.53 Å². The van der Waals surface area contributed by atoms with Gasteiger partial charge >= 0.3 is 0 Å². The lowest BCUT2D eigenvalue weighted by atomic mass is 9.78. The Hall–Kier alpha value is -5.15. The third-order valence-electron chi connectivity index (χ3n) is 10.9. The van der Waals surface area contributed by atoms with Gasteiger partial charge in [0.1, 0.15) is 17.0 Å². The van der Waals surface area contributed by atoms with Crippen LogP contribution in [0.15, 0.2) is 108 Å². The maximum absolute atomic E-state index is 8.74. The number of para-hydroxylation sites is 2. The zero-order chi connectivity index (χ0) is 40.1. The summed E-state index contributed by atoms with van der Waals surface area (Å²) >= 11 is 0. The van der Waals surface area contributed by atoms with Crippen molar-refractivity contribution in [2.45, 2.75) is 98.8 Å². The summed E-state index contributed by atoms with van der Waals surface area (Å²) in [6.07, 6.45) is 0. The van der Waals surface area contributed by atoms with Gasteiger partial charge in [-0.05, 0) is 116 Å². The second-order valence-electron chi connectivity index (χ2n) is 17.5. The lowest BCUT2D eigenvalue weighted by Gasteiger charge is -2.28. The molecule has 3 nitrogen and oxygen atoms in total. The summed E-state index contributed by atoms with van der Waals surface area (Å²) in [6, 6.07) is 36.1. The van der Waals surface area contributed by atoms with Gasteiger partial charge < -0.3 is 4.42 Å². The molecule has 0 fully saturated rings. The number of nitrogens with zero attached hydrogens (tertiary/aromatic N) is 2. The van der Waals surface area contributed by atoms with Crippen LogP contribution < -0.4 is 0 Å². The van der Waals surface area contributed by atoms with Gasteiger partial charge in [0, 0.05) is 14.9 Å². The number of aryl methyl sites for hydroxylation is 1. The fourth-order valence-corrected chi connectivity index (χ4v) is 7.83. The van der Waals surface area contributed by atoms with Gasteiger partial charge in [-0.3, -0.25) is 4.57 Å². The average Bonchev–Trinajstić information content (AvgIpc) is 3.70. The van der Waals surface area contributed by atoms with Gasteiger partial charge in [-0.15, -0.1) is 0 Å². The Labute approximate surface area is 318 Å². The highest BCUT2D eigenvalue weighted by Crippen LogP contribution is 2.44. The van der Waals surface area contributed by atoms with Crippen LogP contribution in [0.25, 0.3) is 71.9 Å². The molecule has 0 aliphatic carbocycles. The molecule has 2 aromatic heterocycles. The van der Waals surface area contributed by atoms with Gasteiger partial charge in [-0.2, -0.15) is 0 Å². The smallest absolute Gasteiger partial charge is 0.149 e. The fraction of sp³-hybridized carbons (Fsp3) is 0.300. The number of fused-ring (bicyclic) bond motifs is 5. The third-order valence-corrected chi connectivity index (χ3v) is 10.9. The monoisotopic (exact) mass is 699 g/mol. The Morgan fingerprint density at radius 2 is 1.25 bits per heavy atom. The first-order valence-corrected chi connectivity index (χ1v) is 19.0. The first-order valence-electron chi connectivity index (χ1n) is 20.5. The molecule has 0 unspecified atom stereocenters. The molecule has 3 heteroatoms. The molecule has 0 aliphatic rings. The molecule has 0 atom stereocenters. The van der Waals surface area contributed by atoms with Gasteiger partial charge in [0.2, 0.25) is 0 Å². The molecule has 0 radical (unpaired) electrons. The molecule has 0 N–H and O–H groups in total. The Balaban J connectivity index is 1.49. The number of hydrogen-bond acceptors (Lipinski definition) is 2. The number of benzene rings is 6. The first kappa shape index (κ1) is 31.4. The molecule has 268 valence electrons. The van der Waals surface area contributed by atoms with Crippen LogP contribution in [0.2, 0.25) is 0 Å². The minimum atomic E-state index is -2.37. The van der Waals surface area contributed by atoms with E-state index in [9.17, 15) is 0 Å².